The number of hydrogen-bond acceptors (Lipinski definition) is 4. The van der Waals surface area contributed by atoms with Gasteiger partial charge in [-0.05, 0) is 55.7 Å². The predicted octanol–water partition coefficient (Wildman–Crippen LogP) is 3.45. The second-order valence-electron chi connectivity index (χ2n) is 6.33. The Kier molecular flexibility index (Phi) is 4.71. The molecule has 1 aliphatic heterocycles. The van der Waals surface area contributed by atoms with E-state index >= 15 is 0 Å². The second-order valence-corrected chi connectivity index (χ2v) is 6.33. The fourth-order valence-corrected chi connectivity index (χ4v) is 3.21. The average Bonchev–Trinajstić information content (AvgIpc) is 2.60. The van der Waals surface area contributed by atoms with Gasteiger partial charge in [-0.2, -0.15) is 0 Å². The van der Waals surface area contributed by atoms with Crippen molar-refractivity contribution in [3.63, 3.8) is 0 Å². The van der Waals surface area contributed by atoms with E-state index in [4.69, 9.17) is 0 Å². The van der Waals surface area contributed by atoms with Crippen LogP contribution < -0.4 is 10.2 Å². The summed E-state index contributed by atoms with van der Waals surface area (Å²) in [5, 5.41) is 13.7. The number of nitro benzene ring substituents is 1. The highest BCUT2D eigenvalue weighted by molar-refractivity contribution is 6.05. The number of nitrogens with zero attached hydrogens (tertiary/aromatic N) is 2. The van der Waals surface area contributed by atoms with Gasteiger partial charge in [0.05, 0.1) is 4.92 Å². The summed E-state index contributed by atoms with van der Waals surface area (Å²) in [4.78, 5) is 36.3. The maximum absolute atomic E-state index is 12.4. The van der Waals surface area contributed by atoms with Crippen LogP contribution in [-0.4, -0.2) is 23.3 Å². The number of rotatable bonds is 3. The molecule has 1 aliphatic rings. The normalized spacial score (nSPS) is 13.1. The van der Waals surface area contributed by atoms with E-state index in [1.807, 2.05) is 12.1 Å². The third kappa shape index (κ3) is 3.42. The Morgan fingerprint density at radius 1 is 1.19 bits per heavy atom. The number of nitrogens with one attached hydrogen (secondary N) is 1. The molecule has 1 heterocycles. The van der Waals surface area contributed by atoms with Gasteiger partial charge in [-0.3, -0.25) is 19.7 Å². The van der Waals surface area contributed by atoms with Crippen LogP contribution in [0.3, 0.4) is 0 Å². The van der Waals surface area contributed by atoms with Gasteiger partial charge in [0.2, 0.25) is 5.91 Å². The molecule has 0 atom stereocenters. The molecule has 0 unspecified atom stereocenters. The van der Waals surface area contributed by atoms with Crippen molar-refractivity contribution in [1.29, 1.82) is 0 Å². The largest absolute Gasteiger partial charge is 0.322 e. The minimum Gasteiger partial charge on any atom is -0.322 e. The summed E-state index contributed by atoms with van der Waals surface area (Å²) < 4.78 is 0. The van der Waals surface area contributed by atoms with Crippen LogP contribution in [0.1, 0.15) is 34.8 Å². The van der Waals surface area contributed by atoms with Crippen LogP contribution in [0.2, 0.25) is 0 Å². The van der Waals surface area contributed by atoms with Gasteiger partial charge >= 0.3 is 0 Å². The van der Waals surface area contributed by atoms with Gasteiger partial charge in [-0.25, -0.2) is 0 Å². The minimum atomic E-state index is -0.471. The molecule has 0 fully saturated rings. The summed E-state index contributed by atoms with van der Waals surface area (Å²) >= 11 is 0. The molecule has 26 heavy (non-hydrogen) atoms. The molecular weight excluding hydrogens is 334 g/mol. The Morgan fingerprint density at radius 2 is 1.96 bits per heavy atom. The standard InChI is InChI=1S/C19H19N3O4/c1-12-10-15(5-7-17(12)22(25)26)19(24)20-16-6-8-18-14(11-16)4-3-9-21(18)13(2)23/h5-8,10-11H,3-4,9H2,1-2H3,(H,20,24). The van der Waals surface area contributed by atoms with E-state index in [1.54, 1.807) is 24.8 Å². The summed E-state index contributed by atoms with van der Waals surface area (Å²) in [5.41, 5.74) is 3.31. The lowest BCUT2D eigenvalue weighted by Gasteiger charge is -2.29. The first-order valence-electron chi connectivity index (χ1n) is 8.34. The van der Waals surface area contributed by atoms with Crippen LogP contribution in [0.5, 0.6) is 0 Å². The number of fused-ring (bicyclic) bond motifs is 1. The van der Waals surface area contributed by atoms with E-state index in [0.717, 1.165) is 24.1 Å². The molecule has 1 N–H and O–H groups in total. The molecule has 2 aromatic rings. The molecule has 0 saturated carbocycles. The molecule has 7 nitrogen and oxygen atoms in total. The first-order chi connectivity index (χ1) is 12.4. The van der Waals surface area contributed by atoms with E-state index < -0.39 is 4.92 Å². The van der Waals surface area contributed by atoms with Crippen LogP contribution in [0, 0.1) is 17.0 Å². The number of carbonyl (C=O) groups is 2. The molecule has 2 amide bonds. The van der Waals surface area contributed by atoms with Gasteiger partial charge in [0.1, 0.15) is 0 Å². The fraction of sp³-hybridized carbons (Fsp3) is 0.263. The van der Waals surface area contributed by atoms with E-state index in [2.05, 4.69) is 5.32 Å². The molecular formula is C19H19N3O4. The van der Waals surface area contributed by atoms with Crippen molar-refractivity contribution >= 4 is 28.9 Å². The number of nitro groups is 1. The van der Waals surface area contributed by atoms with Crippen LogP contribution in [0.25, 0.3) is 0 Å². The Labute approximate surface area is 150 Å². The highest BCUT2D eigenvalue weighted by Gasteiger charge is 2.20. The van der Waals surface area contributed by atoms with Crippen molar-refractivity contribution in [1.82, 2.24) is 0 Å². The number of amides is 2. The van der Waals surface area contributed by atoms with Crippen molar-refractivity contribution in [3.05, 3.63) is 63.2 Å². The van der Waals surface area contributed by atoms with Crippen LogP contribution in [0.15, 0.2) is 36.4 Å². The van der Waals surface area contributed by atoms with E-state index in [1.165, 1.54) is 18.2 Å². The van der Waals surface area contributed by atoms with Crippen molar-refractivity contribution in [2.45, 2.75) is 26.7 Å². The van der Waals surface area contributed by atoms with Crippen LogP contribution in [0.4, 0.5) is 17.1 Å². The lowest BCUT2D eigenvalue weighted by Crippen LogP contribution is -2.33. The van der Waals surface area contributed by atoms with E-state index in [-0.39, 0.29) is 17.5 Å². The number of anilines is 2. The Bertz CT molecular complexity index is 908. The first-order valence-corrected chi connectivity index (χ1v) is 8.34. The summed E-state index contributed by atoms with van der Waals surface area (Å²) in [6.45, 7) is 3.85. The van der Waals surface area contributed by atoms with Gasteiger partial charge in [-0.15, -0.1) is 0 Å². The molecule has 2 aromatic carbocycles. The third-order valence-electron chi connectivity index (χ3n) is 4.49. The first kappa shape index (κ1) is 17.6. The van der Waals surface area contributed by atoms with Crippen molar-refractivity contribution in [3.8, 4) is 0 Å². The Balaban J connectivity index is 1.81. The van der Waals surface area contributed by atoms with Crippen LogP contribution >= 0.6 is 0 Å². The lowest BCUT2D eigenvalue weighted by atomic mass is 10.0. The summed E-state index contributed by atoms with van der Waals surface area (Å²) in [5.74, 6) is -0.328. The number of benzene rings is 2. The Morgan fingerprint density at radius 3 is 2.62 bits per heavy atom. The summed E-state index contributed by atoms with van der Waals surface area (Å²) in [7, 11) is 0. The fourth-order valence-electron chi connectivity index (χ4n) is 3.21. The van der Waals surface area contributed by atoms with Crippen molar-refractivity contribution < 1.29 is 14.5 Å². The van der Waals surface area contributed by atoms with Gasteiger partial charge < -0.3 is 10.2 Å². The molecule has 0 bridgehead atoms. The second kappa shape index (κ2) is 6.95. The maximum Gasteiger partial charge on any atom is 0.272 e. The van der Waals surface area contributed by atoms with Gasteiger partial charge in [0.15, 0.2) is 0 Å². The molecule has 0 saturated heterocycles. The molecule has 7 heteroatoms. The van der Waals surface area contributed by atoms with Gasteiger partial charge in [0.25, 0.3) is 11.6 Å². The van der Waals surface area contributed by atoms with E-state index in [0.29, 0.717) is 23.4 Å². The topological polar surface area (TPSA) is 92.6 Å². The number of aryl methyl sites for hydroxylation is 2. The van der Waals surface area contributed by atoms with Crippen molar-refractivity contribution in [2.24, 2.45) is 0 Å². The molecule has 0 spiro atoms. The average molecular weight is 353 g/mol. The monoisotopic (exact) mass is 353 g/mol. The zero-order valence-electron chi connectivity index (χ0n) is 14.6. The number of hydrogen-bond donors (Lipinski definition) is 1. The van der Waals surface area contributed by atoms with Crippen molar-refractivity contribution in [2.75, 3.05) is 16.8 Å². The zero-order valence-corrected chi connectivity index (χ0v) is 14.6. The van der Waals surface area contributed by atoms with E-state index in [9.17, 15) is 19.7 Å². The number of carbonyl (C=O) groups excluding carboxylic acids is 2. The molecule has 0 radical (unpaired) electrons. The molecule has 134 valence electrons. The molecule has 0 aliphatic carbocycles. The maximum atomic E-state index is 12.4. The highest BCUT2D eigenvalue weighted by Crippen LogP contribution is 2.30. The van der Waals surface area contributed by atoms with Gasteiger partial charge in [0, 0.05) is 42.0 Å². The lowest BCUT2D eigenvalue weighted by molar-refractivity contribution is -0.385. The zero-order chi connectivity index (χ0) is 18.8. The molecule has 3 rings (SSSR count). The summed E-state index contributed by atoms with van der Waals surface area (Å²) in [6, 6.07) is 9.75. The third-order valence-corrected chi connectivity index (χ3v) is 4.49. The minimum absolute atomic E-state index is 0.00379. The summed E-state index contributed by atoms with van der Waals surface area (Å²) in [6.07, 6.45) is 1.73. The Hall–Kier alpha value is -3.22. The smallest absolute Gasteiger partial charge is 0.272 e. The SMILES string of the molecule is CC(=O)N1CCCc2cc(NC(=O)c3ccc([N+](=O)[O-])c(C)c3)ccc21. The van der Waals surface area contributed by atoms with Gasteiger partial charge in [-0.1, -0.05) is 0 Å². The highest BCUT2D eigenvalue weighted by atomic mass is 16.6. The quantitative estimate of drug-likeness (QED) is 0.675. The molecule has 0 aromatic heterocycles. The van der Waals surface area contributed by atoms with Crippen LogP contribution in [-0.2, 0) is 11.2 Å². The predicted molar refractivity (Wildman–Crippen MR) is 98.6 cm³/mol.